The summed E-state index contributed by atoms with van der Waals surface area (Å²) in [7, 11) is 0. The van der Waals surface area contributed by atoms with Gasteiger partial charge in [-0.2, -0.15) is 0 Å². The Labute approximate surface area is 147 Å². The maximum absolute atomic E-state index is 4.58. The number of piperidine rings is 1. The van der Waals surface area contributed by atoms with E-state index in [-0.39, 0.29) is 0 Å². The van der Waals surface area contributed by atoms with Crippen molar-refractivity contribution in [3.63, 3.8) is 0 Å². The average molecular weight is 334 g/mol. The number of aromatic nitrogens is 4. The molecule has 0 spiro atoms. The largest absolute Gasteiger partial charge is 0.367 e. The van der Waals surface area contributed by atoms with Gasteiger partial charge < -0.3 is 10.2 Å². The van der Waals surface area contributed by atoms with Crippen molar-refractivity contribution in [2.24, 2.45) is 0 Å². The normalized spacial score (nSPS) is 15.5. The lowest BCUT2D eigenvalue weighted by Gasteiger charge is -2.33. The van der Waals surface area contributed by atoms with Gasteiger partial charge in [0.25, 0.3) is 0 Å². The van der Waals surface area contributed by atoms with Gasteiger partial charge in [-0.15, -0.1) is 0 Å². The summed E-state index contributed by atoms with van der Waals surface area (Å²) < 4.78 is 0. The predicted octanol–water partition coefficient (Wildman–Crippen LogP) is 3.12. The molecule has 0 unspecified atom stereocenters. The molecule has 0 atom stereocenters. The molecule has 128 valence electrons. The van der Waals surface area contributed by atoms with Gasteiger partial charge >= 0.3 is 0 Å². The fourth-order valence-electron chi connectivity index (χ4n) is 3.43. The van der Waals surface area contributed by atoms with Gasteiger partial charge in [-0.3, -0.25) is 0 Å². The minimum Gasteiger partial charge on any atom is -0.367 e. The van der Waals surface area contributed by atoms with Crippen LogP contribution >= 0.6 is 0 Å². The Morgan fingerprint density at radius 3 is 2.64 bits per heavy atom. The molecule has 0 radical (unpaired) electrons. The second-order valence-electron chi connectivity index (χ2n) is 6.56. The summed E-state index contributed by atoms with van der Waals surface area (Å²) >= 11 is 0. The molecular weight excluding hydrogens is 312 g/mol. The first kappa shape index (κ1) is 15.7. The second kappa shape index (κ2) is 6.63. The molecule has 3 heterocycles. The van der Waals surface area contributed by atoms with Crippen molar-refractivity contribution >= 4 is 22.5 Å². The van der Waals surface area contributed by atoms with E-state index in [4.69, 9.17) is 0 Å². The first-order valence-corrected chi connectivity index (χ1v) is 8.72. The summed E-state index contributed by atoms with van der Waals surface area (Å²) in [5, 5.41) is 4.69. The summed E-state index contributed by atoms with van der Waals surface area (Å²) in [5.74, 6) is 2.80. The molecule has 1 aliphatic rings. The molecule has 25 heavy (non-hydrogen) atoms. The Morgan fingerprint density at radius 2 is 1.84 bits per heavy atom. The lowest BCUT2D eigenvalue weighted by atomic mass is 10.0. The van der Waals surface area contributed by atoms with Crippen LogP contribution in [0.5, 0.6) is 0 Å². The van der Waals surface area contributed by atoms with Crippen LogP contribution in [0, 0.1) is 13.8 Å². The smallest absolute Gasteiger partial charge is 0.137 e. The van der Waals surface area contributed by atoms with E-state index in [0.717, 1.165) is 60.0 Å². The van der Waals surface area contributed by atoms with Crippen LogP contribution in [0.3, 0.4) is 0 Å². The molecule has 6 heteroatoms. The van der Waals surface area contributed by atoms with Gasteiger partial charge in [-0.25, -0.2) is 19.9 Å². The minimum atomic E-state index is 0.415. The van der Waals surface area contributed by atoms with Crippen molar-refractivity contribution in [1.82, 2.24) is 19.9 Å². The van der Waals surface area contributed by atoms with E-state index in [0.29, 0.717) is 6.04 Å². The highest BCUT2D eigenvalue weighted by atomic mass is 15.2. The highest BCUT2D eigenvalue weighted by Crippen LogP contribution is 2.24. The zero-order chi connectivity index (χ0) is 17.2. The number of anilines is 2. The summed E-state index contributed by atoms with van der Waals surface area (Å²) in [6, 6.07) is 10.6. The minimum absolute atomic E-state index is 0.415. The molecule has 0 saturated carbocycles. The van der Waals surface area contributed by atoms with Gasteiger partial charge in [0, 0.05) is 36.3 Å². The molecule has 1 saturated heterocycles. The van der Waals surface area contributed by atoms with Crippen LogP contribution in [-0.4, -0.2) is 39.1 Å². The van der Waals surface area contributed by atoms with Crippen LogP contribution in [0.1, 0.15) is 24.4 Å². The van der Waals surface area contributed by atoms with Crippen molar-refractivity contribution in [3.8, 4) is 0 Å². The molecular formula is C19H22N6. The van der Waals surface area contributed by atoms with Gasteiger partial charge in [-0.05, 0) is 38.8 Å². The third-order valence-electron chi connectivity index (χ3n) is 4.66. The zero-order valence-corrected chi connectivity index (χ0v) is 14.6. The zero-order valence-electron chi connectivity index (χ0n) is 14.6. The number of nitrogens with zero attached hydrogens (tertiary/aromatic N) is 5. The average Bonchev–Trinajstić information content (AvgIpc) is 2.62. The Hall–Kier alpha value is -2.76. The maximum Gasteiger partial charge on any atom is 0.137 e. The molecule has 0 aliphatic carbocycles. The maximum atomic E-state index is 4.58. The lowest BCUT2D eigenvalue weighted by Crippen LogP contribution is -2.39. The number of aryl methyl sites for hydroxylation is 2. The SMILES string of the molecule is Cc1cc(N2CCC(Nc3ncnc4ccccc34)CC2)nc(C)n1. The lowest BCUT2D eigenvalue weighted by molar-refractivity contribution is 0.522. The molecule has 3 aromatic rings. The number of fused-ring (bicyclic) bond motifs is 1. The van der Waals surface area contributed by atoms with E-state index < -0.39 is 0 Å². The molecule has 1 N–H and O–H groups in total. The highest BCUT2D eigenvalue weighted by molar-refractivity contribution is 5.88. The van der Waals surface area contributed by atoms with Gasteiger partial charge in [0.05, 0.1) is 5.52 Å². The summed E-state index contributed by atoms with van der Waals surface area (Å²) in [4.78, 5) is 20.1. The van der Waals surface area contributed by atoms with Crippen LogP contribution in [0.25, 0.3) is 10.9 Å². The van der Waals surface area contributed by atoms with Gasteiger partial charge in [-0.1, -0.05) is 12.1 Å². The predicted molar refractivity (Wildman–Crippen MR) is 99.9 cm³/mol. The molecule has 1 fully saturated rings. The molecule has 4 rings (SSSR count). The van der Waals surface area contributed by atoms with Crippen LogP contribution in [0.15, 0.2) is 36.7 Å². The van der Waals surface area contributed by atoms with Crippen molar-refractivity contribution in [3.05, 3.63) is 48.2 Å². The summed E-state index contributed by atoms with van der Waals surface area (Å²) in [5.41, 5.74) is 2.00. The van der Waals surface area contributed by atoms with Crippen LogP contribution in [0.4, 0.5) is 11.6 Å². The third-order valence-corrected chi connectivity index (χ3v) is 4.66. The number of benzene rings is 1. The highest BCUT2D eigenvalue weighted by Gasteiger charge is 2.21. The number of nitrogens with one attached hydrogen (secondary N) is 1. The fraction of sp³-hybridized carbons (Fsp3) is 0.368. The number of para-hydroxylation sites is 1. The van der Waals surface area contributed by atoms with E-state index >= 15 is 0 Å². The number of hydrogen-bond acceptors (Lipinski definition) is 6. The van der Waals surface area contributed by atoms with E-state index in [1.807, 2.05) is 32.0 Å². The Balaban J connectivity index is 1.45. The van der Waals surface area contributed by atoms with Gasteiger partial charge in [0.15, 0.2) is 0 Å². The number of rotatable bonds is 3. The topological polar surface area (TPSA) is 66.8 Å². The molecule has 0 bridgehead atoms. The third kappa shape index (κ3) is 3.38. The molecule has 6 nitrogen and oxygen atoms in total. The standard InChI is InChI=1S/C19H22N6/c1-13-11-18(23-14(2)22-13)25-9-7-15(8-10-25)24-19-16-5-3-4-6-17(16)20-12-21-19/h3-6,11-12,15H,7-10H2,1-2H3,(H,20,21,24). The first-order valence-electron chi connectivity index (χ1n) is 8.72. The van der Waals surface area contributed by atoms with Crippen LogP contribution < -0.4 is 10.2 Å². The fourth-order valence-corrected chi connectivity index (χ4v) is 3.43. The van der Waals surface area contributed by atoms with Gasteiger partial charge in [0.1, 0.15) is 23.8 Å². The van der Waals surface area contributed by atoms with Crippen molar-refractivity contribution in [2.45, 2.75) is 32.7 Å². The van der Waals surface area contributed by atoms with Gasteiger partial charge in [0.2, 0.25) is 0 Å². The molecule has 1 aliphatic heterocycles. The molecule has 0 amide bonds. The summed E-state index contributed by atoms with van der Waals surface area (Å²) in [6.45, 7) is 5.94. The van der Waals surface area contributed by atoms with E-state index in [9.17, 15) is 0 Å². The summed E-state index contributed by atoms with van der Waals surface area (Å²) in [6.07, 6.45) is 3.74. The quantitative estimate of drug-likeness (QED) is 0.794. The number of hydrogen-bond donors (Lipinski definition) is 1. The van der Waals surface area contributed by atoms with Crippen LogP contribution in [-0.2, 0) is 0 Å². The van der Waals surface area contributed by atoms with Crippen molar-refractivity contribution < 1.29 is 0 Å². The van der Waals surface area contributed by atoms with Crippen LogP contribution in [0.2, 0.25) is 0 Å². The first-order chi connectivity index (χ1) is 12.2. The van der Waals surface area contributed by atoms with E-state index in [1.54, 1.807) is 6.33 Å². The molecule has 2 aromatic heterocycles. The van der Waals surface area contributed by atoms with Crippen molar-refractivity contribution in [1.29, 1.82) is 0 Å². The second-order valence-corrected chi connectivity index (χ2v) is 6.56. The van der Waals surface area contributed by atoms with E-state index in [1.165, 1.54) is 0 Å². The van der Waals surface area contributed by atoms with E-state index in [2.05, 4.69) is 42.3 Å². The van der Waals surface area contributed by atoms with Crippen molar-refractivity contribution in [2.75, 3.05) is 23.3 Å². The Bertz CT molecular complexity index is 860. The Morgan fingerprint density at radius 1 is 1.04 bits per heavy atom. The monoisotopic (exact) mass is 334 g/mol. The molecule has 1 aromatic carbocycles. The Kier molecular flexibility index (Phi) is 4.17.